The fourth-order valence-corrected chi connectivity index (χ4v) is 3.32. The summed E-state index contributed by atoms with van der Waals surface area (Å²) in [5.74, 6) is -1.81. The Hall–Kier alpha value is -2.43. The predicted molar refractivity (Wildman–Crippen MR) is 85.2 cm³/mol. The van der Waals surface area contributed by atoms with Crippen LogP contribution >= 0.6 is 0 Å². The van der Waals surface area contributed by atoms with Gasteiger partial charge in [-0.2, -0.15) is 0 Å². The lowest BCUT2D eigenvalue weighted by Crippen LogP contribution is -2.12. The lowest BCUT2D eigenvalue weighted by Gasteiger charge is -2.20. The number of ether oxygens (including phenoxy) is 2. The molecule has 24 heavy (non-hydrogen) atoms. The van der Waals surface area contributed by atoms with Gasteiger partial charge in [0.25, 0.3) is 0 Å². The number of methoxy groups -OCH3 is 2. The molecule has 0 bridgehead atoms. The zero-order valence-corrected chi connectivity index (χ0v) is 13.6. The Balaban J connectivity index is 2.15. The zero-order chi connectivity index (χ0) is 17.3. The quantitative estimate of drug-likeness (QED) is 0.803. The molecule has 0 spiro atoms. The molecule has 1 aliphatic rings. The first-order valence-electron chi connectivity index (χ1n) is 7.75. The lowest BCUT2D eigenvalue weighted by molar-refractivity contribution is -0.140. The van der Waals surface area contributed by atoms with Crippen LogP contribution in [0.25, 0.3) is 0 Å². The number of hydrogen-bond donors (Lipinski definition) is 0. The largest absolute Gasteiger partial charge is 0.497 e. The van der Waals surface area contributed by atoms with Crippen molar-refractivity contribution in [3.8, 4) is 5.75 Å². The van der Waals surface area contributed by atoms with Crippen molar-refractivity contribution in [2.24, 2.45) is 0 Å². The van der Waals surface area contributed by atoms with Gasteiger partial charge in [0.2, 0.25) is 0 Å². The number of aryl methyl sites for hydroxylation is 2. The SMILES string of the molecule is COC(=O)CC1c2ccc(OC)cc2CCc2cc(F)c(F)cc21. The van der Waals surface area contributed by atoms with Crippen molar-refractivity contribution in [1.29, 1.82) is 0 Å². The van der Waals surface area contributed by atoms with E-state index in [2.05, 4.69) is 0 Å². The molecule has 1 unspecified atom stereocenters. The van der Waals surface area contributed by atoms with E-state index >= 15 is 0 Å². The van der Waals surface area contributed by atoms with Crippen molar-refractivity contribution in [1.82, 2.24) is 0 Å². The summed E-state index contributed by atoms with van der Waals surface area (Å²) in [5.41, 5.74) is 3.30. The molecule has 0 N–H and O–H groups in total. The molecule has 3 rings (SSSR count). The highest BCUT2D eigenvalue weighted by Gasteiger charge is 2.28. The Morgan fingerprint density at radius 1 is 1.04 bits per heavy atom. The number of halogens is 2. The number of benzene rings is 2. The van der Waals surface area contributed by atoms with Crippen molar-refractivity contribution in [3.63, 3.8) is 0 Å². The smallest absolute Gasteiger partial charge is 0.306 e. The fourth-order valence-electron chi connectivity index (χ4n) is 3.32. The van der Waals surface area contributed by atoms with E-state index in [4.69, 9.17) is 9.47 Å². The standard InChI is InChI=1S/C19H18F2O3/c1-23-13-5-6-14-11(7-13)3-4-12-8-17(20)18(21)9-15(12)16(14)10-19(22)24-2/h5-9,16H,3-4,10H2,1-2H3. The van der Waals surface area contributed by atoms with Gasteiger partial charge in [-0.05, 0) is 59.4 Å². The van der Waals surface area contributed by atoms with Crippen LogP contribution in [-0.4, -0.2) is 20.2 Å². The number of carbonyl (C=O) groups excluding carboxylic acids is 1. The molecule has 0 radical (unpaired) electrons. The van der Waals surface area contributed by atoms with Gasteiger partial charge in [0.15, 0.2) is 11.6 Å². The van der Waals surface area contributed by atoms with Crippen LogP contribution in [0.1, 0.15) is 34.6 Å². The normalized spacial score (nSPS) is 15.9. The highest BCUT2D eigenvalue weighted by molar-refractivity contribution is 5.72. The van der Waals surface area contributed by atoms with Crippen LogP contribution in [0, 0.1) is 11.6 Å². The van der Waals surface area contributed by atoms with Crippen LogP contribution in [0.5, 0.6) is 5.75 Å². The van der Waals surface area contributed by atoms with Crippen molar-refractivity contribution in [2.75, 3.05) is 14.2 Å². The lowest BCUT2D eigenvalue weighted by atomic mass is 9.85. The fraction of sp³-hybridized carbons (Fsp3) is 0.316. The molecule has 3 nitrogen and oxygen atoms in total. The molecule has 0 heterocycles. The van der Waals surface area contributed by atoms with Gasteiger partial charge in [0.05, 0.1) is 20.6 Å². The summed E-state index contributed by atoms with van der Waals surface area (Å²) >= 11 is 0. The molecule has 2 aromatic rings. The highest BCUT2D eigenvalue weighted by atomic mass is 19.2. The maximum absolute atomic E-state index is 13.8. The van der Waals surface area contributed by atoms with Gasteiger partial charge >= 0.3 is 5.97 Å². The van der Waals surface area contributed by atoms with E-state index in [1.54, 1.807) is 7.11 Å². The van der Waals surface area contributed by atoms with Crippen LogP contribution in [-0.2, 0) is 22.4 Å². The van der Waals surface area contributed by atoms with Crippen LogP contribution in [0.4, 0.5) is 8.78 Å². The van der Waals surface area contributed by atoms with Gasteiger partial charge in [-0.3, -0.25) is 4.79 Å². The summed E-state index contributed by atoms with van der Waals surface area (Å²) in [6.07, 6.45) is 1.32. The Bertz CT molecular complexity index is 786. The maximum Gasteiger partial charge on any atom is 0.306 e. The van der Waals surface area contributed by atoms with Crippen LogP contribution in [0.2, 0.25) is 0 Å². The summed E-state index contributed by atoms with van der Waals surface area (Å²) in [5, 5.41) is 0. The van der Waals surface area contributed by atoms with E-state index in [-0.39, 0.29) is 18.3 Å². The third-order valence-electron chi connectivity index (χ3n) is 4.55. The first-order chi connectivity index (χ1) is 11.5. The van der Waals surface area contributed by atoms with Crippen molar-refractivity contribution in [2.45, 2.75) is 25.2 Å². The van der Waals surface area contributed by atoms with E-state index in [0.717, 1.165) is 16.7 Å². The van der Waals surface area contributed by atoms with Crippen molar-refractivity contribution >= 4 is 5.97 Å². The molecule has 0 aliphatic heterocycles. The molecular weight excluding hydrogens is 314 g/mol. The number of rotatable bonds is 3. The molecule has 0 amide bonds. The molecule has 1 aliphatic carbocycles. The first-order valence-corrected chi connectivity index (χ1v) is 7.75. The molecule has 126 valence electrons. The van der Waals surface area contributed by atoms with E-state index in [0.29, 0.717) is 24.2 Å². The monoisotopic (exact) mass is 332 g/mol. The zero-order valence-electron chi connectivity index (χ0n) is 13.6. The maximum atomic E-state index is 13.8. The van der Waals surface area contributed by atoms with Crippen LogP contribution in [0.3, 0.4) is 0 Å². The number of esters is 1. The molecular formula is C19H18F2O3. The minimum absolute atomic E-state index is 0.0773. The van der Waals surface area contributed by atoms with E-state index in [1.807, 2.05) is 18.2 Å². The number of carbonyl (C=O) groups is 1. The van der Waals surface area contributed by atoms with E-state index in [1.165, 1.54) is 19.2 Å². The molecule has 0 fully saturated rings. The molecule has 0 saturated carbocycles. The molecule has 0 saturated heterocycles. The third kappa shape index (κ3) is 2.98. The van der Waals surface area contributed by atoms with Gasteiger partial charge in [0.1, 0.15) is 5.75 Å². The predicted octanol–water partition coefficient (Wildman–Crippen LogP) is 3.77. The second-order valence-corrected chi connectivity index (χ2v) is 5.86. The van der Waals surface area contributed by atoms with Crippen LogP contribution in [0.15, 0.2) is 30.3 Å². The Morgan fingerprint density at radius 3 is 2.38 bits per heavy atom. The average Bonchev–Trinajstić information content (AvgIpc) is 2.72. The summed E-state index contributed by atoms with van der Waals surface area (Å²) in [7, 11) is 2.91. The molecule has 1 atom stereocenters. The Labute approximate surface area is 139 Å². The van der Waals surface area contributed by atoms with E-state index in [9.17, 15) is 13.6 Å². The minimum Gasteiger partial charge on any atom is -0.497 e. The van der Waals surface area contributed by atoms with Gasteiger partial charge in [0, 0.05) is 5.92 Å². The summed E-state index contributed by atoms with van der Waals surface area (Å²) < 4.78 is 37.5. The minimum atomic E-state index is -0.902. The van der Waals surface area contributed by atoms with Crippen molar-refractivity contribution in [3.05, 3.63) is 64.2 Å². The summed E-state index contributed by atoms with van der Waals surface area (Å²) in [6.45, 7) is 0. The van der Waals surface area contributed by atoms with Crippen LogP contribution < -0.4 is 4.74 Å². The highest BCUT2D eigenvalue weighted by Crippen LogP contribution is 2.38. The molecule has 5 heteroatoms. The van der Waals surface area contributed by atoms with Gasteiger partial charge in [-0.1, -0.05) is 6.07 Å². The van der Waals surface area contributed by atoms with Gasteiger partial charge in [-0.15, -0.1) is 0 Å². The summed E-state index contributed by atoms with van der Waals surface area (Å²) in [6, 6.07) is 8.06. The second-order valence-electron chi connectivity index (χ2n) is 5.86. The van der Waals surface area contributed by atoms with Gasteiger partial charge in [-0.25, -0.2) is 8.78 Å². The topological polar surface area (TPSA) is 35.5 Å². The third-order valence-corrected chi connectivity index (χ3v) is 4.55. The molecule has 0 aromatic heterocycles. The Morgan fingerprint density at radius 2 is 1.71 bits per heavy atom. The average molecular weight is 332 g/mol. The van der Waals surface area contributed by atoms with Gasteiger partial charge < -0.3 is 9.47 Å². The summed E-state index contributed by atoms with van der Waals surface area (Å²) in [4.78, 5) is 11.9. The van der Waals surface area contributed by atoms with E-state index < -0.39 is 11.6 Å². The number of fused-ring (bicyclic) bond motifs is 2. The first kappa shape index (κ1) is 16.4. The van der Waals surface area contributed by atoms with Crippen molar-refractivity contribution < 1.29 is 23.0 Å². The molecule has 2 aromatic carbocycles. The second kappa shape index (κ2) is 6.59. The Kier molecular flexibility index (Phi) is 4.51. The number of hydrogen-bond acceptors (Lipinski definition) is 3.